The first kappa shape index (κ1) is 13.6. The molecule has 0 unspecified atom stereocenters. The van der Waals surface area contributed by atoms with Gasteiger partial charge in [0.2, 0.25) is 0 Å². The van der Waals surface area contributed by atoms with Crippen LogP contribution in [0.2, 0.25) is 5.15 Å². The second kappa shape index (κ2) is 4.56. The molecule has 0 saturated heterocycles. The molecule has 1 atom stereocenters. The first-order valence-corrected chi connectivity index (χ1v) is 7.10. The van der Waals surface area contributed by atoms with Gasteiger partial charge in [0.05, 0.1) is 6.54 Å². The van der Waals surface area contributed by atoms with Gasteiger partial charge in [-0.25, -0.2) is 9.37 Å². The standard InChI is InChI=1S/C13H11BrClFN4/c1-13(8-4-7(14)2-3-9(8)16)6-20-5-10(15)18-12(20)11(17)19-13/h2-5H,6H2,1H3,(H2,17,19)/t13-/m0/s1. The van der Waals surface area contributed by atoms with Crippen molar-refractivity contribution in [2.24, 2.45) is 10.7 Å². The van der Waals surface area contributed by atoms with Crippen LogP contribution in [0.4, 0.5) is 4.39 Å². The molecule has 0 spiro atoms. The van der Waals surface area contributed by atoms with Crippen LogP contribution in [-0.2, 0) is 12.1 Å². The maximum atomic E-state index is 14.1. The highest BCUT2D eigenvalue weighted by Gasteiger charge is 2.35. The average Bonchev–Trinajstić information content (AvgIpc) is 2.73. The van der Waals surface area contributed by atoms with Gasteiger partial charge >= 0.3 is 0 Å². The Hall–Kier alpha value is -1.40. The predicted octanol–water partition coefficient (Wildman–Crippen LogP) is 3.07. The molecule has 1 aromatic heterocycles. The predicted molar refractivity (Wildman–Crippen MR) is 79.4 cm³/mol. The van der Waals surface area contributed by atoms with Crippen LogP contribution >= 0.6 is 27.5 Å². The molecule has 7 heteroatoms. The van der Waals surface area contributed by atoms with Crippen LogP contribution in [0.25, 0.3) is 0 Å². The molecular weight excluding hydrogens is 347 g/mol. The van der Waals surface area contributed by atoms with Crippen molar-refractivity contribution in [1.82, 2.24) is 9.55 Å². The Morgan fingerprint density at radius 2 is 2.25 bits per heavy atom. The Labute approximate surface area is 128 Å². The lowest BCUT2D eigenvalue weighted by Gasteiger charge is -2.31. The quantitative estimate of drug-likeness (QED) is 0.853. The van der Waals surface area contributed by atoms with E-state index in [1.165, 1.54) is 6.07 Å². The van der Waals surface area contributed by atoms with Gasteiger partial charge in [0.15, 0.2) is 11.7 Å². The number of nitrogens with two attached hydrogens (primary N) is 1. The van der Waals surface area contributed by atoms with E-state index in [0.717, 1.165) is 4.47 Å². The number of nitrogens with zero attached hydrogens (tertiary/aromatic N) is 3. The molecule has 0 radical (unpaired) electrons. The van der Waals surface area contributed by atoms with Gasteiger partial charge in [-0.3, -0.25) is 4.99 Å². The summed E-state index contributed by atoms with van der Waals surface area (Å²) in [6, 6.07) is 4.78. The van der Waals surface area contributed by atoms with Crippen LogP contribution in [0.15, 0.2) is 33.9 Å². The van der Waals surface area contributed by atoms with Gasteiger partial charge in [-0.15, -0.1) is 0 Å². The van der Waals surface area contributed by atoms with Gasteiger partial charge in [-0.2, -0.15) is 0 Å². The van der Waals surface area contributed by atoms with E-state index in [1.807, 2.05) is 6.92 Å². The zero-order valence-corrected chi connectivity index (χ0v) is 12.9. The zero-order valence-electron chi connectivity index (χ0n) is 10.6. The fourth-order valence-corrected chi connectivity index (χ4v) is 3.01. The Morgan fingerprint density at radius 1 is 1.50 bits per heavy atom. The van der Waals surface area contributed by atoms with Crippen molar-refractivity contribution < 1.29 is 4.39 Å². The lowest BCUT2D eigenvalue weighted by Crippen LogP contribution is -2.37. The minimum absolute atomic E-state index is 0.255. The maximum Gasteiger partial charge on any atom is 0.176 e. The summed E-state index contributed by atoms with van der Waals surface area (Å²) in [6.45, 7) is 2.26. The summed E-state index contributed by atoms with van der Waals surface area (Å²) >= 11 is 9.24. The molecule has 0 aliphatic carbocycles. The summed E-state index contributed by atoms with van der Waals surface area (Å²) in [5.41, 5.74) is 5.62. The van der Waals surface area contributed by atoms with E-state index in [0.29, 0.717) is 23.1 Å². The number of rotatable bonds is 1. The first-order valence-electron chi connectivity index (χ1n) is 5.93. The summed E-state index contributed by atoms with van der Waals surface area (Å²) in [7, 11) is 0. The fraction of sp³-hybridized carbons (Fsp3) is 0.231. The van der Waals surface area contributed by atoms with Crippen LogP contribution in [0.1, 0.15) is 18.3 Å². The lowest BCUT2D eigenvalue weighted by atomic mass is 9.91. The molecular formula is C13H11BrClFN4. The molecule has 104 valence electrons. The zero-order chi connectivity index (χ0) is 14.5. The molecule has 2 aromatic rings. The number of hydrogen-bond acceptors (Lipinski definition) is 3. The SMILES string of the molecule is C[C@@]1(c2cc(Br)ccc2F)Cn2cc(Cl)nc2C(N)=N1. The minimum Gasteiger partial charge on any atom is -0.381 e. The van der Waals surface area contributed by atoms with Gasteiger partial charge in [0, 0.05) is 16.2 Å². The highest BCUT2D eigenvalue weighted by atomic mass is 79.9. The highest BCUT2D eigenvalue weighted by molar-refractivity contribution is 9.10. The Kier molecular flexibility index (Phi) is 3.10. The third-order valence-corrected chi connectivity index (χ3v) is 4.01. The topological polar surface area (TPSA) is 56.2 Å². The van der Waals surface area contributed by atoms with E-state index in [4.69, 9.17) is 17.3 Å². The van der Waals surface area contributed by atoms with Crippen molar-refractivity contribution in [2.45, 2.75) is 19.0 Å². The number of aliphatic imine (C=N–C) groups is 1. The second-order valence-electron chi connectivity index (χ2n) is 4.91. The molecule has 0 fully saturated rings. The van der Waals surface area contributed by atoms with E-state index in [1.54, 1.807) is 22.9 Å². The van der Waals surface area contributed by atoms with Gasteiger partial charge < -0.3 is 10.3 Å². The maximum absolute atomic E-state index is 14.1. The lowest BCUT2D eigenvalue weighted by molar-refractivity contribution is 0.383. The molecule has 2 N–H and O–H groups in total. The molecule has 1 aromatic carbocycles. The molecule has 1 aliphatic rings. The summed E-state index contributed by atoms with van der Waals surface area (Å²) in [4.78, 5) is 8.53. The molecule has 1 aliphatic heterocycles. The van der Waals surface area contributed by atoms with Crippen LogP contribution < -0.4 is 5.73 Å². The van der Waals surface area contributed by atoms with E-state index < -0.39 is 5.54 Å². The third-order valence-electron chi connectivity index (χ3n) is 3.33. The van der Waals surface area contributed by atoms with Gasteiger partial charge in [0.25, 0.3) is 0 Å². The van der Waals surface area contributed by atoms with E-state index in [-0.39, 0.29) is 11.7 Å². The second-order valence-corrected chi connectivity index (χ2v) is 6.21. The molecule has 2 heterocycles. The van der Waals surface area contributed by atoms with Crippen LogP contribution in [0.5, 0.6) is 0 Å². The number of imidazole rings is 1. The van der Waals surface area contributed by atoms with Crippen LogP contribution in [0.3, 0.4) is 0 Å². The Balaban J connectivity index is 2.14. The van der Waals surface area contributed by atoms with E-state index >= 15 is 0 Å². The third kappa shape index (κ3) is 2.13. The average molecular weight is 358 g/mol. The normalized spacial score (nSPS) is 21.5. The van der Waals surface area contributed by atoms with E-state index in [2.05, 4.69) is 25.9 Å². The van der Waals surface area contributed by atoms with Crippen molar-refractivity contribution in [3.8, 4) is 0 Å². The van der Waals surface area contributed by atoms with Gasteiger partial charge in [0.1, 0.15) is 16.5 Å². The van der Waals surface area contributed by atoms with Gasteiger partial charge in [-0.1, -0.05) is 27.5 Å². The molecule has 0 saturated carbocycles. The van der Waals surface area contributed by atoms with Crippen LogP contribution in [-0.4, -0.2) is 15.4 Å². The summed E-state index contributed by atoms with van der Waals surface area (Å²) in [6.07, 6.45) is 1.67. The number of fused-ring (bicyclic) bond motifs is 1. The Morgan fingerprint density at radius 3 is 3.00 bits per heavy atom. The Bertz CT molecular complexity index is 727. The van der Waals surface area contributed by atoms with E-state index in [9.17, 15) is 4.39 Å². The minimum atomic E-state index is -0.797. The van der Waals surface area contributed by atoms with Crippen LogP contribution in [0, 0.1) is 5.82 Å². The first-order chi connectivity index (χ1) is 9.39. The van der Waals surface area contributed by atoms with Crippen molar-refractivity contribution >= 4 is 33.4 Å². The number of benzene rings is 1. The number of hydrogen-bond donors (Lipinski definition) is 1. The molecule has 0 amide bonds. The van der Waals surface area contributed by atoms with Crippen molar-refractivity contribution in [3.63, 3.8) is 0 Å². The number of halogens is 3. The monoisotopic (exact) mass is 356 g/mol. The number of amidine groups is 1. The smallest absolute Gasteiger partial charge is 0.176 e. The number of aromatic nitrogens is 2. The molecule has 20 heavy (non-hydrogen) atoms. The fourth-order valence-electron chi connectivity index (χ4n) is 2.45. The molecule has 0 bridgehead atoms. The van der Waals surface area contributed by atoms with Crippen molar-refractivity contribution in [3.05, 3.63) is 51.2 Å². The van der Waals surface area contributed by atoms with Gasteiger partial charge in [-0.05, 0) is 25.1 Å². The highest BCUT2D eigenvalue weighted by Crippen LogP contribution is 2.35. The summed E-state index contributed by atoms with van der Waals surface area (Å²) in [5.74, 6) is 0.454. The largest absolute Gasteiger partial charge is 0.381 e. The molecule has 3 rings (SSSR count). The van der Waals surface area contributed by atoms with Crippen molar-refractivity contribution in [2.75, 3.05) is 0 Å². The summed E-state index contributed by atoms with van der Waals surface area (Å²) < 4.78 is 16.7. The molecule has 4 nitrogen and oxygen atoms in total. The summed E-state index contributed by atoms with van der Waals surface area (Å²) in [5, 5.41) is 0.345. The van der Waals surface area contributed by atoms with Crippen molar-refractivity contribution in [1.29, 1.82) is 0 Å².